The Morgan fingerprint density at radius 3 is 2.67 bits per heavy atom. The first kappa shape index (κ1) is 8.59. The largest absolute Gasteiger partial charge is 0.298 e. The van der Waals surface area contributed by atoms with E-state index in [9.17, 15) is 14.0 Å². The lowest BCUT2D eigenvalue weighted by Gasteiger charge is -1.98. The highest BCUT2D eigenvalue weighted by Gasteiger charge is 2.06. The highest BCUT2D eigenvalue weighted by molar-refractivity contribution is 6.01. The molecule has 3 heteroatoms. The molecule has 0 spiro atoms. The molecule has 0 N–H and O–H groups in total. The maximum atomic E-state index is 12.6. The topological polar surface area (TPSA) is 34.1 Å². The van der Waals surface area contributed by atoms with Crippen LogP contribution in [0.2, 0.25) is 0 Å². The Morgan fingerprint density at radius 1 is 1.50 bits per heavy atom. The molecule has 1 aromatic carbocycles. The van der Waals surface area contributed by atoms with Crippen molar-refractivity contribution in [2.24, 2.45) is 0 Å². The zero-order chi connectivity index (χ0) is 9.14. The number of Topliss-reactive ketones (excluding diaryl/α,β-unsaturated/α-hetero) is 1. The second-order valence-electron chi connectivity index (χ2n) is 2.41. The predicted octanol–water partition coefficient (Wildman–Crippen LogP) is 1.84. The van der Waals surface area contributed by atoms with E-state index in [1.54, 1.807) is 0 Å². The van der Waals surface area contributed by atoms with E-state index in [1.807, 2.05) is 0 Å². The fourth-order valence-electron chi connectivity index (χ4n) is 0.936. The van der Waals surface area contributed by atoms with Crippen LogP contribution in [0.4, 0.5) is 4.39 Å². The molecular formula is C9H7FO2. The zero-order valence-corrected chi connectivity index (χ0v) is 6.50. The number of ketones is 1. The van der Waals surface area contributed by atoms with Gasteiger partial charge in [-0.15, -0.1) is 0 Å². The van der Waals surface area contributed by atoms with Gasteiger partial charge in [0.05, 0.1) is 0 Å². The van der Waals surface area contributed by atoms with Crippen molar-refractivity contribution >= 4 is 12.1 Å². The standard InChI is InChI=1S/C9H7FO2/c1-6(12)9-4-8(10)3-2-7(9)5-11/h2-5H,1H3. The van der Waals surface area contributed by atoms with Gasteiger partial charge in [-0.3, -0.25) is 9.59 Å². The van der Waals surface area contributed by atoms with E-state index >= 15 is 0 Å². The smallest absolute Gasteiger partial charge is 0.160 e. The Labute approximate surface area is 69.0 Å². The molecule has 0 saturated heterocycles. The van der Waals surface area contributed by atoms with E-state index in [0.29, 0.717) is 6.29 Å². The lowest BCUT2D eigenvalue weighted by Crippen LogP contribution is -1.99. The first-order valence-electron chi connectivity index (χ1n) is 3.41. The van der Waals surface area contributed by atoms with Gasteiger partial charge in [0.2, 0.25) is 0 Å². The van der Waals surface area contributed by atoms with Gasteiger partial charge in [-0.1, -0.05) is 0 Å². The van der Waals surface area contributed by atoms with Gasteiger partial charge in [0.15, 0.2) is 12.1 Å². The van der Waals surface area contributed by atoms with E-state index in [2.05, 4.69) is 0 Å². The molecule has 0 aliphatic heterocycles. The molecule has 0 unspecified atom stereocenters. The van der Waals surface area contributed by atoms with Gasteiger partial charge in [0.25, 0.3) is 0 Å². The molecule has 0 aliphatic rings. The Balaban J connectivity index is 3.30. The average molecular weight is 166 g/mol. The monoisotopic (exact) mass is 166 g/mol. The minimum Gasteiger partial charge on any atom is -0.298 e. The van der Waals surface area contributed by atoms with E-state index in [4.69, 9.17) is 0 Å². The molecule has 1 rings (SSSR count). The molecule has 1 aromatic rings. The first-order valence-corrected chi connectivity index (χ1v) is 3.41. The van der Waals surface area contributed by atoms with Crippen LogP contribution in [-0.2, 0) is 0 Å². The number of carbonyl (C=O) groups excluding carboxylic acids is 2. The van der Waals surface area contributed by atoms with Crippen molar-refractivity contribution in [3.05, 3.63) is 35.1 Å². The van der Waals surface area contributed by atoms with Crippen LogP contribution in [0.15, 0.2) is 18.2 Å². The van der Waals surface area contributed by atoms with Gasteiger partial charge in [-0.2, -0.15) is 0 Å². The van der Waals surface area contributed by atoms with Crippen molar-refractivity contribution in [2.75, 3.05) is 0 Å². The quantitative estimate of drug-likeness (QED) is 0.496. The van der Waals surface area contributed by atoms with Crippen molar-refractivity contribution < 1.29 is 14.0 Å². The van der Waals surface area contributed by atoms with Crippen molar-refractivity contribution in [1.29, 1.82) is 0 Å². The van der Waals surface area contributed by atoms with Gasteiger partial charge in [-0.05, 0) is 25.1 Å². The molecule has 12 heavy (non-hydrogen) atoms. The van der Waals surface area contributed by atoms with Gasteiger partial charge >= 0.3 is 0 Å². The SMILES string of the molecule is CC(=O)c1cc(F)ccc1C=O. The first-order chi connectivity index (χ1) is 5.65. The van der Waals surface area contributed by atoms with Gasteiger partial charge in [-0.25, -0.2) is 4.39 Å². The highest BCUT2D eigenvalue weighted by atomic mass is 19.1. The van der Waals surface area contributed by atoms with Crippen molar-refractivity contribution in [3.8, 4) is 0 Å². The predicted molar refractivity (Wildman–Crippen MR) is 41.8 cm³/mol. The summed E-state index contributed by atoms with van der Waals surface area (Å²) in [5.41, 5.74) is 0.355. The Hall–Kier alpha value is -1.51. The summed E-state index contributed by atoms with van der Waals surface area (Å²) in [6.45, 7) is 1.29. The van der Waals surface area contributed by atoms with Crippen LogP contribution in [0.5, 0.6) is 0 Å². The van der Waals surface area contributed by atoms with Crippen LogP contribution in [-0.4, -0.2) is 12.1 Å². The van der Waals surface area contributed by atoms with Crippen molar-refractivity contribution in [1.82, 2.24) is 0 Å². The number of rotatable bonds is 2. The third-order valence-corrected chi connectivity index (χ3v) is 1.52. The molecule has 0 heterocycles. The fourth-order valence-corrected chi connectivity index (χ4v) is 0.936. The van der Waals surface area contributed by atoms with Crippen LogP contribution in [0.3, 0.4) is 0 Å². The molecule has 0 bridgehead atoms. The van der Waals surface area contributed by atoms with E-state index < -0.39 is 5.82 Å². The van der Waals surface area contributed by atoms with Crippen LogP contribution in [0.25, 0.3) is 0 Å². The molecular weight excluding hydrogens is 159 g/mol. The summed E-state index contributed by atoms with van der Waals surface area (Å²) in [4.78, 5) is 21.2. The minimum atomic E-state index is -0.509. The number of halogens is 1. The van der Waals surface area contributed by atoms with E-state index in [-0.39, 0.29) is 16.9 Å². The average Bonchev–Trinajstić information content (AvgIpc) is 2.04. The van der Waals surface area contributed by atoms with Crippen LogP contribution < -0.4 is 0 Å². The lowest BCUT2D eigenvalue weighted by atomic mass is 10.1. The Morgan fingerprint density at radius 2 is 2.17 bits per heavy atom. The van der Waals surface area contributed by atoms with Crippen LogP contribution in [0, 0.1) is 5.82 Å². The van der Waals surface area contributed by atoms with Gasteiger partial charge < -0.3 is 0 Å². The van der Waals surface area contributed by atoms with Crippen molar-refractivity contribution in [3.63, 3.8) is 0 Å². The summed E-state index contributed by atoms with van der Waals surface area (Å²) < 4.78 is 12.6. The molecule has 0 amide bonds. The molecule has 62 valence electrons. The molecule has 0 radical (unpaired) electrons. The van der Waals surface area contributed by atoms with Crippen LogP contribution >= 0.6 is 0 Å². The number of hydrogen-bond donors (Lipinski definition) is 0. The molecule has 0 saturated carbocycles. The Bertz CT molecular complexity index is 331. The third-order valence-electron chi connectivity index (χ3n) is 1.52. The van der Waals surface area contributed by atoms with Crippen molar-refractivity contribution in [2.45, 2.75) is 6.92 Å². The minimum absolute atomic E-state index is 0.130. The summed E-state index contributed by atoms with van der Waals surface area (Å²) in [5.74, 6) is -0.817. The summed E-state index contributed by atoms with van der Waals surface area (Å²) in [6.07, 6.45) is 0.538. The highest BCUT2D eigenvalue weighted by Crippen LogP contribution is 2.09. The molecule has 2 nitrogen and oxygen atoms in total. The number of hydrogen-bond acceptors (Lipinski definition) is 2. The summed E-state index contributed by atoms with van der Waals surface area (Å²) in [7, 11) is 0. The number of aldehydes is 1. The molecule has 0 fully saturated rings. The molecule has 0 aromatic heterocycles. The number of carbonyl (C=O) groups is 2. The maximum Gasteiger partial charge on any atom is 0.160 e. The second kappa shape index (κ2) is 3.26. The number of benzene rings is 1. The molecule has 0 atom stereocenters. The lowest BCUT2D eigenvalue weighted by molar-refractivity contribution is 0.100. The van der Waals surface area contributed by atoms with Crippen LogP contribution in [0.1, 0.15) is 27.6 Å². The van der Waals surface area contributed by atoms with Gasteiger partial charge in [0, 0.05) is 11.1 Å². The van der Waals surface area contributed by atoms with E-state index in [0.717, 1.165) is 12.1 Å². The maximum absolute atomic E-state index is 12.6. The third kappa shape index (κ3) is 1.56. The Kier molecular flexibility index (Phi) is 2.33. The van der Waals surface area contributed by atoms with E-state index in [1.165, 1.54) is 13.0 Å². The normalized spacial score (nSPS) is 9.50. The van der Waals surface area contributed by atoms with Gasteiger partial charge in [0.1, 0.15) is 5.82 Å². The zero-order valence-electron chi connectivity index (χ0n) is 6.50. The summed E-state index contributed by atoms with van der Waals surface area (Å²) in [5, 5.41) is 0. The fraction of sp³-hybridized carbons (Fsp3) is 0.111. The second-order valence-corrected chi connectivity index (χ2v) is 2.41. The summed E-state index contributed by atoms with van der Waals surface area (Å²) >= 11 is 0. The summed E-state index contributed by atoms with van der Waals surface area (Å²) in [6, 6.07) is 3.50. The molecule has 0 aliphatic carbocycles.